The predicted octanol–water partition coefficient (Wildman–Crippen LogP) is 3.03. The summed E-state index contributed by atoms with van der Waals surface area (Å²) < 4.78 is 5.36. The van der Waals surface area contributed by atoms with Crippen LogP contribution in [-0.2, 0) is 0 Å². The Morgan fingerprint density at radius 3 is 2.86 bits per heavy atom. The fourth-order valence-electron chi connectivity index (χ4n) is 1.18. The molecule has 0 saturated heterocycles. The lowest BCUT2D eigenvalue weighted by Gasteiger charge is -2.09. The molecule has 14 heavy (non-hydrogen) atoms. The second-order valence-corrected chi connectivity index (χ2v) is 3.30. The van der Waals surface area contributed by atoms with E-state index in [0.29, 0.717) is 22.9 Å². The van der Waals surface area contributed by atoms with Gasteiger partial charge in [0.15, 0.2) is 6.29 Å². The van der Waals surface area contributed by atoms with Crippen LogP contribution in [0.3, 0.4) is 0 Å². The lowest BCUT2D eigenvalue weighted by Crippen LogP contribution is -1.99. The van der Waals surface area contributed by atoms with Crippen molar-refractivity contribution in [2.24, 2.45) is 0 Å². The average molecular weight is 211 g/mol. The first-order valence-corrected chi connectivity index (χ1v) is 4.56. The summed E-state index contributed by atoms with van der Waals surface area (Å²) in [5.74, 6) is 0.573. The third-order valence-electron chi connectivity index (χ3n) is 1.74. The van der Waals surface area contributed by atoms with E-state index in [1.165, 1.54) is 0 Å². The smallest absolute Gasteiger partial charge is 0.153 e. The average Bonchev–Trinajstić information content (AvgIpc) is 2.15. The molecule has 0 saturated carbocycles. The topological polar surface area (TPSA) is 26.3 Å². The van der Waals surface area contributed by atoms with Crippen molar-refractivity contribution in [2.75, 3.05) is 6.61 Å². The molecule has 0 aromatic heterocycles. The van der Waals surface area contributed by atoms with E-state index in [9.17, 15) is 4.79 Å². The summed E-state index contributed by atoms with van der Waals surface area (Å²) in [6.45, 7) is 5.76. The fourth-order valence-corrected chi connectivity index (χ4v) is 1.46. The standard InChI is InChI=1S/C11H11ClO2/c1-3-4-14-11-8(2)5-10(12)6-9(11)7-13/h3,5-7H,1,4H2,2H3. The molecule has 1 aromatic rings. The number of aryl methyl sites for hydroxylation is 1. The van der Waals surface area contributed by atoms with E-state index in [1.807, 2.05) is 6.92 Å². The van der Waals surface area contributed by atoms with Crippen molar-refractivity contribution in [3.05, 3.63) is 40.9 Å². The quantitative estimate of drug-likeness (QED) is 0.564. The van der Waals surface area contributed by atoms with E-state index >= 15 is 0 Å². The van der Waals surface area contributed by atoms with E-state index in [1.54, 1.807) is 18.2 Å². The van der Waals surface area contributed by atoms with Gasteiger partial charge in [0.1, 0.15) is 12.4 Å². The summed E-state index contributed by atoms with van der Waals surface area (Å²) in [6, 6.07) is 3.34. The highest BCUT2D eigenvalue weighted by Crippen LogP contribution is 2.26. The maximum Gasteiger partial charge on any atom is 0.153 e. The largest absolute Gasteiger partial charge is 0.489 e. The third-order valence-corrected chi connectivity index (χ3v) is 1.96. The lowest BCUT2D eigenvalue weighted by molar-refractivity contribution is 0.112. The molecule has 1 rings (SSSR count). The fraction of sp³-hybridized carbons (Fsp3) is 0.182. The van der Waals surface area contributed by atoms with Crippen molar-refractivity contribution in [1.82, 2.24) is 0 Å². The van der Waals surface area contributed by atoms with E-state index < -0.39 is 0 Å². The Morgan fingerprint density at radius 1 is 1.57 bits per heavy atom. The molecule has 0 atom stereocenters. The number of carbonyl (C=O) groups is 1. The van der Waals surface area contributed by atoms with Crippen LogP contribution in [0.25, 0.3) is 0 Å². The summed E-state index contributed by atoms with van der Waals surface area (Å²) in [4.78, 5) is 10.7. The number of hydrogen-bond donors (Lipinski definition) is 0. The molecule has 0 spiro atoms. The number of benzene rings is 1. The number of aldehydes is 1. The predicted molar refractivity (Wildman–Crippen MR) is 57.3 cm³/mol. The van der Waals surface area contributed by atoms with Gasteiger partial charge in [-0.05, 0) is 24.6 Å². The zero-order valence-corrected chi connectivity index (χ0v) is 8.67. The molecule has 0 unspecified atom stereocenters. The maximum atomic E-state index is 10.7. The van der Waals surface area contributed by atoms with Gasteiger partial charge in [0.25, 0.3) is 0 Å². The molecule has 0 radical (unpaired) electrons. The Bertz CT molecular complexity index is 359. The monoisotopic (exact) mass is 210 g/mol. The Labute approximate surface area is 88.1 Å². The van der Waals surface area contributed by atoms with E-state index in [4.69, 9.17) is 16.3 Å². The lowest BCUT2D eigenvalue weighted by atomic mass is 10.1. The third kappa shape index (κ3) is 2.36. The highest BCUT2D eigenvalue weighted by Gasteiger charge is 2.07. The minimum absolute atomic E-state index is 0.378. The van der Waals surface area contributed by atoms with E-state index in [0.717, 1.165) is 11.8 Å². The van der Waals surface area contributed by atoms with Crippen LogP contribution >= 0.6 is 11.6 Å². The molecule has 0 N–H and O–H groups in total. The van der Waals surface area contributed by atoms with Gasteiger partial charge in [-0.1, -0.05) is 24.3 Å². The highest BCUT2D eigenvalue weighted by molar-refractivity contribution is 6.31. The summed E-state index contributed by atoms with van der Waals surface area (Å²) in [5.41, 5.74) is 1.32. The summed E-state index contributed by atoms with van der Waals surface area (Å²) >= 11 is 5.80. The van der Waals surface area contributed by atoms with Crippen molar-refractivity contribution in [3.8, 4) is 5.75 Å². The van der Waals surface area contributed by atoms with Gasteiger partial charge in [-0.2, -0.15) is 0 Å². The minimum Gasteiger partial charge on any atom is -0.489 e. The number of hydrogen-bond acceptors (Lipinski definition) is 2. The molecule has 0 bridgehead atoms. The molecule has 0 aliphatic rings. The molecular weight excluding hydrogens is 200 g/mol. The number of carbonyl (C=O) groups excluding carboxylic acids is 1. The Morgan fingerprint density at radius 2 is 2.29 bits per heavy atom. The van der Waals surface area contributed by atoms with Gasteiger partial charge in [-0.25, -0.2) is 0 Å². The second-order valence-electron chi connectivity index (χ2n) is 2.86. The van der Waals surface area contributed by atoms with Crippen LogP contribution in [0.5, 0.6) is 5.75 Å². The van der Waals surface area contributed by atoms with Crippen LogP contribution in [-0.4, -0.2) is 12.9 Å². The van der Waals surface area contributed by atoms with Crippen molar-refractivity contribution in [3.63, 3.8) is 0 Å². The van der Waals surface area contributed by atoms with Crippen LogP contribution in [0.15, 0.2) is 24.8 Å². The van der Waals surface area contributed by atoms with Crippen LogP contribution in [0.2, 0.25) is 5.02 Å². The molecule has 0 aliphatic heterocycles. The molecular formula is C11H11ClO2. The van der Waals surface area contributed by atoms with Crippen molar-refractivity contribution < 1.29 is 9.53 Å². The van der Waals surface area contributed by atoms with Gasteiger partial charge in [-0.3, -0.25) is 4.79 Å². The molecule has 0 aliphatic carbocycles. The Kier molecular flexibility index (Phi) is 3.72. The van der Waals surface area contributed by atoms with Gasteiger partial charge >= 0.3 is 0 Å². The van der Waals surface area contributed by atoms with Crippen LogP contribution < -0.4 is 4.74 Å². The summed E-state index contributed by atoms with van der Waals surface area (Å²) in [6.07, 6.45) is 2.36. The first kappa shape index (κ1) is 10.8. The summed E-state index contributed by atoms with van der Waals surface area (Å²) in [5, 5.41) is 0.538. The van der Waals surface area contributed by atoms with Gasteiger partial charge in [0.2, 0.25) is 0 Å². The minimum atomic E-state index is 0.378. The Hall–Kier alpha value is -1.28. The SMILES string of the molecule is C=CCOc1c(C)cc(Cl)cc1C=O. The van der Waals surface area contributed by atoms with E-state index in [2.05, 4.69) is 6.58 Å². The maximum absolute atomic E-state index is 10.7. The van der Waals surface area contributed by atoms with Crippen molar-refractivity contribution in [1.29, 1.82) is 0 Å². The van der Waals surface area contributed by atoms with Crippen LogP contribution in [0, 0.1) is 6.92 Å². The number of ether oxygens (including phenoxy) is 1. The van der Waals surface area contributed by atoms with Crippen molar-refractivity contribution in [2.45, 2.75) is 6.92 Å². The molecule has 0 amide bonds. The van der Waals surface area contributed by atoms with Gasteiger partial charge in [-0.15, -0.1) is 0 Å². The molecule has 0 fully saturated rings. The number of rotatable bonds is 4. The molecule has 2 nitrogen and oxygen atoms in total. The van der Waals surface area contributed by atoms with Crippen LogP contribution in [0.1, 0.15) is 15.9 Å². The highest BCUT2D eigenvalue weighted by atomic mass is 35.5. The summed E-state index contributed by atoms with van der Waals surface area (Å²) in [7, 11) is 0. The van der Waals surface area contributed by atoms with Crippen LogP contribution in [0.4, 0.5) is 0 Å². The molecule has 3 heteroatoms. The first-order chi connectivity index (χ1) is 6.69. The van der Waals surface area contributed by atoms with Gasteiger partial charge in [0, 0.05) is 5.02 Å². The second kappa shape index (κ2) is 4.82. The zero-order chi connectivity index (χ0) is 10.6. The van der Waals surface area contributed by atoms with Gasteiger partial charge < -0.3 is 4.74 Å². The normalized spacial score (nSPS) is 9.57. The Balaban J connectivity index is 3.11. The van der Waals surface area contributed by atoms with Gasteiger partial charge in [0.05, 0.1) is 5.56 Å². The molecule has 0 heterocycles. The number of halogens is 1. The molecule has 1 aromatic carbocycles. The van der Waals surface area contributed by atoms with Crippen molar-refractivity contribution >= 4 is 17.9 Å². The molecule has 74 valence electrons. The zero-order valence-electron chi connectivity index (χ0n) is 7.92. The first-order valence-electron chi connectivity index (χ1n) is 4.18. The van der Waals surface area contributed by atoms with E-state index in [-0.39, 0.29) is 0 Å².